The maximum Gasteiger partial charge on any atom is 0.167 e. The molecule has 4 heteroatoms. The zero-order valence-electron chi connectivity index (χ0n) is 12.3. The Labute approximate surface area is 120 Å². The monoisotopic (exact) mass is 278 g/mol. The predicted octanol–water partition coefficient (Wildman–Crippen LogP) is 2.42. The molecule has 1 unspecified atom stereocenters. The van der Waals surface area contributed by atoms with Gasteiger partial charge >= 0.3 is 0 Å². The number of rotatable bonds is 5. The predicted molar refractivity (Wildman–Crippen MR) is 78.5 cm³/mol. The molecular formula is C16H23FN2O. The first kappa shape index (κ1) is 15.1. The van der Waals surface area contributed by atoms with Crippen LogP contribution in [0.4, 0.5) is 4.39 Å². The Bertz CT molecular complexity index is 464. The third-order valence-corrected chi connectivity index (χ3v) is 4.08. The van der Waals surface area contributed by atoms with Gasteiger partial charge in [0.25, 0.3) is 0 Å². The number of ketones is 1. The van der Waals surface area contributed by atoms with E-state index in [9.17, 15) is 9.18 Å². The van der Waals surface area contributed by atoms with E-state index in [1.807, 2.05) is 0 Å². The lowest BCUT2D eigenvalue weighted by Crippen LogP contribution is -2.51. The molecule has 0 aromatic heterocycles. The molecule has 110 valence electrons. The molecular weight excluding hydrogens is 255 g/mol. The molecule has 1 heterocycles. The molecule has 0 amide bonds. The van der Waals surface area contributed by atoms with Crippen LogP contribution in [0, 0.1) is 5.82 Å². The van der Waals surface area contributed by atoms with Crippen LogP contribution in [0.3, 0.4) is 0 Å². The number of hydrogen-bond donors (Lipinski definition) is 0. The van der Waals surface area contributed by atoms with Gasteiger partial charge in [-0.3, -0.25) is 9.69 Å². The molecule has 1 atom stereocenters. The highest BCUT2D eigenvalue weighted by Crippen LogP contribution is 2.12. The highest BCUT2D eigenvalue weighted by Gasteiger charge is 2.22. The van der Waals surface area contributed by atoms with Crippen LogP contribution < -0.4 is 0 Å². The molecule has 3 nitrogen and oxygen atoms in total. The molecule has 1 aromatic carbocycles. The Morgan fingerprint density at radius 1 is 1.35 bits per heavy atom. The second kappa shape index (κ2) is 6.95. The van der Waals surface area contributed by atoms with E-state index in [1.54, 1.807) is 18.2 Å². The summed E-state index contributed by atoms with van der Waals surface area (Å²) in [6.07, 6.45) is 0.389. The molecule has 0 radical (unpaired) electrons. The van der Waals surface area contributed by atoms with E-state index in [4.69, 9.17) is 0 Å². The molecule has 1 aliphatic rings. The average molecular weight is 278 g/mol. The smallest absolute Gasteiger partial charge is 0.167 e. The molecule has 0 bridgehead atoms. The summed E-state index contributed by atoms with van der Waals surface area (Å²) in [7, 11) is 0. The standard InChI is InChI=1S/C16H23FN2O/c1-3-19-11-10-18(12-13(19)2)9-8-16(20)14-6-4-5-7-15(14)17/h4-7,13H,3,8-12H2,1-2H3. The zero-order valence-corrected chi connectivity index (χ0v) is 12.3. The van der Waals surface area contributed by atoms with Crippen LogP contribution in [0.5, 0.6) is 0 Å². The SMILES string of the molecule is CCN1CCN(CCC(=O)c2ccccc2F)CC1C. The maximum atomic E-state index is 13.5. The van der Waals surface area contributed by atoms with Crippen molar-refractivity contribution in [3.8, 4) is 0 Å². The maximum absolute atomic E-state index is 13.5. The van der Waals surface area contributed by atoms with Gasteiger partial charge in [-0.2, -0.15) is 0 Å². The van der Waals surface area contributed by atoms with Gasteiger partial charge in [0, 0.05) is 38.6 Å². The highest BCUT2D eigenvalue weighted by molar-refractivity contribution is 5.96. The number of halogens is 1. The van der Waals surface area contributed by atoms with Crippen molar-refractivity contribution in [2.75, 3.05) is 32.7 Å². The number of carbonyl (C=O) groups excluding carboxylic acids is 1. The summed E-state index contributed by atoms with van der Waals surface area (Å²) in [6, 6.07) is 6.75. The van der Waals surface area contributed by atoms with Crippen LogP contribution in [0.1, 0.15) is 30.6 Å². The van der Waals surface area contributed by atoms with E-state index >= 15 is 0 Å². The van der Waals surface area contributed by atoms with Crippen molar-refractivity contribution in [2.24, 2.45) is 0 Å². The molecule has 0 spiro atoms. The summed E-state index contributed by atoms with van der Waals surface area (Å²) < 4.78 is 13.5. The van der Waals surface area contributed by atoms with E-state index in [0.717, 1.165) is 32.7 Å². The van der Waals surface area contributed by atoms with Crippen molar-refractivity contribution in [2.45, 2.75) is 26.3 Å². The quantitative estimate of drug-likeness (QED) is 0.773. The number of benzene rings is 1. The van der Waals surface area contributed by atoms with Crippen molar-refractivity contribution in [1.29, 1.82) is 0 Å². The minimum absolute atomic E-state index is 0.103. The molecule has 1 aromatic rings. The van der Waals surface area contributed by atoms with Gasteiger partial charge in [0.2, 0.25) is 0 Å². The Kier molecular flexibility index (Phi) is 5.26. The second-order valence-corrected chi connectivity index (χ2v) is 5.43. The number of Topliss-reactive ketones (excluding diaryl/α,β-unsaturated/α-hetero) is 1. The van der Waals surface area contributed by atoms with Crippen molar-refractivity contribution in [1.82, 2.24) is 9.80 Å². The lowest BCUT2D eigenvalue weighted by molar-refractivity contribution is 0.0794. The van der Waals surface area contributed by atoms with Crippen LogP contribution in [0.2, 0.25) is 0 Å². The topological polar surface area (TPSA) is 23.6 Å². The molecule has 1 aliphatic heterocycles. The third-order valence-electron chi connectivity index (χ3n) is 4.08. The van der Waals surface area contributed by atoms with Crippen LogP contribution in [-0.2, 0) is 0 Å². The largest absolute Gasteiger partial charge is 0.300 e. The molecule has 0 N–H and O–H groups in total. The van der Waals surface area contributed by atoms with E-state index in [0.29, 0.717) is 12.5 Å². The molecule has 0 saturated carbocycles. The van der Waals surface area contributed by atoms with Crippen LogP contribution >= 0.6 is 0 Å². The number of piperazine rings is 1. The van der Waals surface area contributed by atoms with E-state index in [1.165, 1.54) is 6.07 Å². The zero-order chi connectivity index (χ0) is 14.5. The van der Waals surface area contributed by atoms with Crippen LogP contribution in [0.15, 0.2) is 24.3 Å². The normalized spacial score (nSPS) is 21.1. The Balaban J connectivity index is 1.84. The molecule has 2 rings (SSSR count). The average Bonchev–Trinajstić information content (AvgIpc) is 2.45. The Morgan fingerprint density at radius 3 is 2.75 bits per heavy atom. The summed E-state index contributed by atoms with van der Waals surface area (Å²) in [5.41, 5.74) is 0.216. The fourth-order valence-electron chi connectivity index (χ4n) is 2.83. The minimum atomic E-state index is -0.415. The van der Waals surface area contributed by atoms with Gasteiger partial charge < -0.3 is 4.90 Å². The summed E-state index contributed by atoms with van der Waals surface area (Å²) >= 11 is 0. The van der Waals surface area contributed by atoms with Crippen molar-refractivity contribution < 1.29 is 9.18 Å². The number of nitrogens with zero attached hydrogens (tertiary/aromatic N) is 2. The van der Waals surface area contributed by atoms with E-state index in [-0.39, 0.29) is 11.3 Å². The summed E-state index contributed by atoms with van der Waals surface area (Å²) in [5, 5.41) is 0. The van der Waals surface area contributed by atoms with E-state index in [2.05, 4.69) is 23.6 Å². The summed E-state index contributed by atoms with van der Waals surface area (Å²) in [6.45, 7) is 9.20. The highest BCUT2D eigenvalue weighted by atomic mass is 19.1. The van der Waals surface area contributed by atoms with Gasteiger partial charge in [-0.1, -0.05) is 19.1 Å². The Morgan fingerprint density at radius 2 is 2.10 bits per heavy atom. The Hall–Kier alpha value is -1.26. The number of hydrogen-bond acceptors (Lipinski definition) is 3. The van der Waals surface area contributed by atoms with Gasteiger partial charge in [0.1, 0.15) is 5.82 Å². The third kappa shape index (κ3) is 3.64. The van der Waals surface area contributed by atoms with Gasteiger partial charge in [-0.05, 0) is 25.6 Å². The van der Waals surface area contributed by atoms with E-state index < -0.39 is 5.82 Å². The second-order valence-electron chi connectivity index (χ2n) is 5.43. The number of likely N-dealkylation sites (N-methyl/N-ethyl adjacent to an activating group) is 1. The minimum Gasteiger partial charge on any atom is -0.300 e. The summed E-state index contributed by atoms with van der Waals surface area (Å²) in [4.78, 5) is 16.8. The van der Waals surface area contributed by atoms with Crippen LogP contribution in [0.25, 0.3) is 0 Å². The number of carbonyl (C=O) groups is 1. The summed E-state index contributed by atoms with van der Waals surface area (Å²) in [5.74, 6) is -0.518. The lowest BCUT2D eigenvalue weighted by atomic mass is 10.1. The lowest BCUT2D eigenvalue weighted by Gasteiger charge is -2.39. The van der Waals surface area contributed by atoms with Gasteiger partial charge in [-0.15, -0.1) is 0 Å². The first-order valence-electron chi connectivity index (χ1n) is 7.36. The van der Waals surface area contributed by atoms with Crippen molar-refractivity contribution in [3.63, 3.8) is 0 Å². The van der Waals surface area contributed by atoms with Crippen molar-refractivity contribution >= 4 is 5.78 Å². The fraction of sp³-hybridized carbons (Fsp3) is 0.562. The first-order chi connectivity index (χ1) is 9.61. The molecule has 1 saturated heterocycles. The van der Waals surface area contributed by atoms with Gasteiger partial charge in [-0.25, -0.2) is 4.39 Å². The van der Waals surface area contributed by atoms with Crippen molar-refractivity contribution in [3.05, 3.63) is 35.6 Å². The molecule has 20 heavy (non-hydrogen) atoms. The van der Waals surface area contributed by atoms with Crippen LogP contribution in [-0.4, -0.2) is 54.3 Å². The van der Waals surface area contributed by atoms with Gasteiger partial charge in [0.15, 0.2) is 5.78 Å². The van der Waals surface area contributed by atoms with Gasteiger partial charge in [0.05, 0.1) is 5.56 Å². The first-order valence-corrected chi connectivity index (χ1v) is 7.36. The molecule has 1 fully saturated rings. The fourth-order valence-corrected chi connectivity index (χ4v) is 2.83. The molecule has 0 aliphatic carbocycles.